The van der Waals surface area contributed by atoms with Crippen LogP contribution in [0.15, 0.2) is 50.7 Å². The van der Waals surface area contributed by atoms with E-state index < -0.39 is 17.2 Å². The number of thiazole rings is 1. The van der Waals surface area contributed by atoms with E-state index in [1.807, 2.05) is 0 Å². The van der Waals surface area contributed by atoms with Crippen molar-refractivity contribution in [1.82, 2.24) is 19.9 Å². The average molecular weight is 420 g/mol. The predicted octanol–water partition coefficient (Wildman–Crippen LogP) is 1.83. The number of rotatable bonds is 3. The van der Waals surface area contributed by atoms with E-state index in [0.717, 1.165) is 10.4 Å². The summed E-state index contributed by atoms with van der Waals surface area (Å²) in [5, 5.41) is 0.409. The second-order valence-electron chi connectivity index (χ2n) is 6.48. The molecule has 0 spiro atoms. The van der Waals surface area contributed by atoms with Crippen molar-refractivity contribution in [3.63, 3.8) is 0 Å². The normalized spacial score (nSPS) is 11.3. The summed E-state index contributed by atoms with van der Waals surface area (Å²) in [4.78, 5) is 50.0. The van der Waals surface area contributed by atoms with Crippen molar-refractivity contribution < 1.29 is 9.21 Å². The fourth-order valence-corrected chi connectivity index (χ4v) is 4.14. The minimum Gasteiger partial charge on any atom is -0.408 e. The number of benzene rings is 1. The number of amides is 1. The molecule has 0 radical (unpaired) electrons. The van der Waals surface area contributed by atoms with Crippen LogP contribution in [0.3, 0.4) is 0 Å². The van der Waals surface area contributed by atoms with Crippen LogP contribution in [-0.4, -0.2) is 25.8 Å². The van der Waals surface area contributed by atoms with E-state index in [1.165, 1.54) is 23.6 Å². The summed E-state index contributed by atoms with van der Waals surface area (Å²) in [6, 6.07) is 6.66. The number of nitrogens with one attached hydrogen (secondary N) is 2. The van der Waals surface area contributed by atoms with Gasteiger partial charge in [-0.25, -0.2) is 9.78 Å². The molecule has 0 aliphatic heterocycles. The average Bonchev–Trinajstić information content (AvgIpc) is 3.32. The Balaban J connectivity index is 1.63. The lowest BCUT2D eigenvalue weighted by molar-refractivity contribution is 0.1000. The number of nitrogen functional groups attached to an aromatic ring is 1. The number of anilines is 1. The third-order valence-corrected chi connectivity index (χ3v) is 5.66. The Morgan fingerprint density at radius 3 is 2.70 bits per heavy atom. The smallest absolute Gasteiger partial charge is 0.408 e. The number of aromatic amines is 2. The molecule has 5 aromatic rings. The van der Waals surface area contributed by atoms with Crippen molar-refractivity contribution in [2.45, 2.75) is 0 Å². The number of hydrogen-bond acceptors (Lipinski definition) is 8. The van der Waals surface area contributed by atoms with Gasteiger partial charge in [0, 0.05) is 12.4 Å². The Kier molecular flexibility index (Phi) is 3.79. The molecular weight excluding hydrogens is 408 g/mol. The first-order valence-electron chi connectivity index (χ1n) is 8.61. The molecule has 0 saturated carbocycles. The second-order valence-corrected chi connectivity index (χ2v) is 7.51. The van der Waals surface area contributed by atoms with Crippen molar-refractivity contribution >= 4 is 45.1 Å². The van der Waals surface area contributed by atoms with Crippen LogP contribution < -0.4 is 22.8 Å². The highest BCUT2D eigenvalue weighted by Gasteiger charge is 2.18. The lowest BCUT2D eigenvalue weighted by Crippen LogP contribution is -2.15. The van der Waals surface area contributed by atoms with Crippen molar-refractivity contribution in [3.8, 4) is 21.0 Å². The number of primary amides is 1. The largest absolute Gasteiger partial charge is 0.417 e. The molecule has 0 atom stereocenters. The molecule has 4 heterocycles. The summed E-state index contributed by atoms with van der Waals surface area (Å²) >= 11 is 1.26. The molecule has 30 heavy (non-hydrogen) atoms. The van der Waals surface area contributed by atoms with Gasteiger partial charge in [-0.05, 0) is 29.8 Å². The summed E-state index contributed by atoms with van der Waals surface area (Å²) in [6.45, 7) is 0. The lowest BCUT2D eigenvalue weighted by atomic mass is 10.1. The van der Waals surface area contributed by atoms with Gasteiger partial charge >= 0.3 is 5.76 Å². The van der Waals surface area contributed by atoms with Crippen molar-refractivity contribution in [2.24, 2.45) is 5.73 Å². The quantitative estimate of drug-likeness (QED) is 0.344. The van der Waals surface area contributed by atoms with Crippen LogP contribution in [0.2, 0.25) is 0 Å². The number of fused-ring (bicyclic) bond motifs is 2. The van der Waals surface area contributed by atoms with Gasteiger partial charge in [0.05, 0.1) is 27.2 Å². The molecule has 0 aliphatic carbocycles. The molecule has 5 rings (SSSR count). The Bertz CT molecular complexity index is 1590. The summed E-state index contributed by atoms with van der Waals surface area (Å²) in [7, 11) is 0. The summed E-state index contributed by atoms with van der Waals surface area (Å²) in [5.41, 5.74) is 14.0. The number of pyridine rings is 2. The lowest BCUT2D eigenvalue weighted by Gasteiger charge is -2.06. The summed E-state index contributed by atoms with van der Waals surface area (Å²) < 4.78 is 5.01. The number of aromatic nitrogens is 4. The maximum atomic E-state index is 12.7. The molecule has 148 valence electrons. The van der Waals surface area contributed by atoms with Crippen molar-refractivity contribution in [3.05, 3.63) is 63.1 Å². The van der Waals surface area contributed by atoms with Crippen LogP contribution in [-0.2, 0) is 0 Å². The number of nitrogens with two attached hydrogens (primary N) is 2. The van der Waals surface area contributed by atoms with Gasteiger partial charge in [-0.1, -0.05) is 0 Å². The zero-order valence-corrected chi connectivity index (χ0v) is 15.9. The van der Waals surface area contributed by atoms with E-state index in [4.69, 9.17) is 15.9 Å². The number of hydrogen-bond donors (Lipinski definition) is 4. The number of carbonyl (C=O) groups is 1. The molecule has 11 heteroatoms. The highest BCUT2D eigenvalue weighted by molar-refractivity contribution is 7.18. The summed E-state index contributed by atoms with van der Waals surface area (Å²) in [6.07, 6.45) is 2.92. The molecule has 0 saturated heterocycles. The minimum absolute atomic E-state index is 0.153. The SMILES string of the molecule is NC(=O)c1cnc2c(N)c(-c3ncc(-c4ccc5oc(=O)[nH]c5c4)s3)c(=O)[nH]c2c1. The first kappa shape index (κ1) is 17.8. The van der Waals surface area contributed by atoms with Crippen LogP contribution >= 0.6 is 11.3 Å². The van der Waals surface area contributed by atoms with Gasteiger partial charge < -0.3 is 20.9 Å². The first-order valence-corrected chi connectivity index (χ1v) is 9.43. The molecule has 0 unspecified atom stereocenters. The van der Waals surface area contributed by atoms with E-state index in [-0.39, 0.29) is 16.8 Å². The number of nitrogens with zero attached hydrogens (tertiary/aromatic N) is 2. The van der Waals surface area contributed by atoms with Crippen molar-refractivity contribution in [2.75, 3.05) is 5.73 Å². The third-order valence-electron chi connectivity index (χ3n) is 4.59. The van der Waals surface area contributed by atoms with Crippen LogP contribution in [0.25, 0.3) is 43.1 Å². The van der Waals surface area contributed by atoms with Gasteiger partial charge in [0.25, 0.3) is 5.56 Å². The van der Waals surface area contributed by atoms with E-state index in [1.54, 1.807) is 24.4 Å². The van der Waals surface area contributed by atoms with Gasteiger partial charge in [0.2, 0.25) is 5.91 Å². The highest BCUT2D eigenvalue weighted by Crippen LogP contribution is 2.35. The topological polar surface area (TPSA) is 174 Å². The fraction of sp³-hybridized carbons (Fsp3) is 0. The first-order chi connectivity index (χ1) is 14.4. The zero-order chi connectivity index (χ0) is 21.0. The molecule has 0 bridgehead atoms. The van der Waals surface area contributed by atoms with Crippen LogP contribution in [0, 0.1) is 0 Å². The third kappa shape index (κ3) is 2.76. The Labute approximate surface area is 170 Å². The number of carbonyl (C=O) groups excluding carboxylic acids is 1. The zero-order valence-electron chi connectivity index (χ0n) is 15.1. The Morgan fingerprint density at radius 2 is 1.90 bits per heavy atom. The standard InChI is InChI=1S/C19H12N6O4S/c20-14-13(17(27)24-10-4-8(16(21)26)5-22-15(10)14)18-23-6-12(30-18)7-1-2-11-9(3-7)25-19(28)29-11/h1-6H,(H2,21,26)(H,25,28)(H3,20,24,27). The van der Waals surface area contributed by atoms with Gasteiger partial charge in [-0.15, -0.1) is 11.3 Å². The number of H-pyrrole nitrogens is 2. The maximum absolute atomic E-state index is 12.7. The van der Waals surface area contributed by atoms with E-state index in [2.05, 4.69) is 19.9 Å². The molecule has 10 nitrogen and oxygen atoms in total. The van der Waals surface area contributed by atoms with Crippen LogP contribution in [0.5, 0.6) is 0 Å². The van der Waals surface area contributed by atoms with E-state index in [9.17, 15) is 14.4 Å². The van der Waals surface area contributed by atoms with Crippen molar-refractivity contribution in [1.29, 1.82) is 0 Å². The molecule has 1 amide bonds. The molecule has 1 aromatic carbocycles. The second kappa shape index (κ2) is 6.39. The van der Waals surface area contributed by atoms with Gasteiger partial charge in [-0.3, -0.25) is 19.6 Å². The summed E-state index contributed by atoms with van der Waals surface area (Å²) in [5.74, 6) is -1.19. The Hall–Kier alpha value is -4.25. The van der Waals surface area contributed by atoms with Gasteiger partial charge in [0.1, 0.15) is 16.1 Å². The van der Waals surface area contributed by atoms with E-state index in [0.29, 0.717) is 27.1 Å². The minimum atomic E-state index is -0.659. The van der Waals surface area contributed by atoms with Gasteiger partial charge in [-0.2, -0.15) is 0 Å². The molecule has 4 aromatic heterocycles. The molecule has 0 fully saturated rings. The van der Waals surface area contributed by atoms with Crippen LogP contribution in [0.4, 0.5) is 5.69 Å². The van der Waals surface area contributed by atoms with E-state index >= 15 is 0 Å². The molecule has 0 aliphatic rings. The molecule has 6 N–H and O–H groups in total. The van der Waals surface area contributed by atoms with Gasteiger partial charge in [0.15, 0.2) is 5.58 Å². The fourth-order valence-electron chi connectivity index (χ4n) is 3.18. The number of oxazole rings is 1. The molecular formula is C19H12N6O4S. The Morgan fingerprint density at radius 1 is 1.07 bits per heavy atom. The van der Waals surface area contributed by atoms with Crippen LogP contribution in [0.1, 0.15) is 10.4 Å². The monoisotopic (exact) mass is 420 g/mol. The maximum Gasteiger partial charge on any atom is 0.417 e. The predicted molar refractivity (Wildman–Crippen MR) is 112 cm³/mol. The highest BCUT2D eigenvalue weighted by atomic mass is 32.1.